The molecule has 0 aliphatic carbocycles. The van der Waals surface area contributed by atoms with Crippen molar-refractivity contribution in [2.45, 2.75) is 32.9 Å². The smallest absolute Gasteiger partial charge is 0.127 e. The van der Waals surface area contributed by atoms with Crippen LogP contribution in [0.2, 0.25) is 0 Å². The summed E-state index contributed by atoms with van der Waals surface area (Å²) >= 11 is 5.29. The van der Waals surface area contributed by atoms with Crippen LogP contribution < -0.4 is 10.1 Å². The molecular formula is C15H17BrN2OS. The van der Waals surface area contributed by atoms with E-state index in [1.165, 1.54) is 16.0 Å². The summed E-state index contributed by atoms with van der Waals surface area (Å²) in [4.78, 5) is 5.61. The van der Waals surface area contributed by atoms with E-state index in [-0.39, 0.29) is 0 Å². The number of benzene rings is 1. The number of thiazole rings is 1. The lowest BCUT2D eigenvalue weighted by molar-refractivity contribution is 0.351. The van der Waals surface area contributed by atoms with Crippen molar-refractivity contribution in [1.82, 2.24) is 10.3 Å². The van der Waals surface area contributed by atoms with E-state index < -0.39 is 0 Å². The molecule has 3 nitrogen and oxygen atoms in total. The third-order valence-electron chi connectivity index (χ3n) is 3.60. The molecule has 1 unspecified atom stereocenters. The van der Waals surface area contributed by atoms with Crippen molar-refractivity contribution in [2.75, 3.05) is 6.61 Å². The van der Waals surface area contributed by atoms with E-state index in [1.807, 2.05) is 5.51 Å². The van der Waals surface area contributed by atoms with Crippen molar-refractivity contribution in [3.8, 4) is 5.75 Å². The summed E-state index contributed by atoms with van der Waals surface area (Å²) in [5.41, 5.74) is 5.55. The van der Waals surface area contributed by atoms with Crippen molar-refractivity contribution in [1.29, 1.82) is 0 Å². The Bertz CT molecular complexity index is 626. The third kappa shape index (κ3) is 2.75. The average molecular weight is 353 g/mol. The van der Waals surface area contributed by atoms with Gasteiger partial charge in [0.2, 0.25) is 0 Å². The van der Waals surface area contributed by atoms with Gasteiger partial charge in [-0.05, 0) is 31.5 Å². The second-order valence-corrected chi connectivity index (χ2v) is 6.86. The molecule has 2 aromatic rings. The highest BCUT2D eigenvalue weighted by molar-refractivity contribution is 9.10. The zero-order chi connectivity index (χ0) is 14.1. The van der Waals surface area contributed by atoms with Crippen LogP contribution >= 0.6 is 27.3 Å². The maximum absolute atomic E-state index is 5.76. The highest BCUT2D eigenvalue weighted by Gasteiger charge is 2.18. The van der Waals surface area contributed by atoms with Crippen LogP contribution in [0.1, 0.15) is 34.7 Å². The van der Waals surface area contributed by atoms with Gasteiger partial charge in [0.15, 0.2) is 0 Å². The molecule has 20 heavy (non-hydrogen) atoms. The van der Waals surface area contributed by atoms with Crippen molar-refractivity contribution in [3.05, 3.63) is 43.8 Å². The van der Waals surface area contributed by atoms with Gasteiger partial charge in [0.05, 0.1) is 17.8 Å². The number of nitrogens with one attached hydrogen (secondary N) is 1. The molecule has 3 rings (SSSR count). The Morgan fingerprint density at radius 3 is 3.10 bits per heavy atom. The van der Waals surface area contributed by atoms with Gasteiger partial charge in [0.1, 0.15) is 5.75 Å². The number of nitrogens with zero attached hydrogens (tertiary/aromatic N) is 1. The number of aryl methyl sites for hydroxylation is 1. The maximum Gasteiger partial charge on any atom is 0.127 e. The molecule has 0 saturated carbocycles. The summed E-state index contributed by atoms with van der Waals surface area (Å²) in [6.07, 6.45) is 1.01. The van der Waals surface area contributed by atoms with Crippen molar-refractivity contribution < 1.29 is 4.74 Å². The van der Waals surface area contributed by atoms with E-state index in [2.05, 4.69) is 52.2 Å². The Kier molecular flexibility index (Phi) is 4.10. The van der Waals surface area contributed by atoms with Crippen LogP contribution in [0.15, 0.2) is 22.1 Å². The maximum atomic E-state index is 5.76. The van der Waals surface area contributed by atoms with Crippen LogP contribution in [0.3, 0.4) is 0 Å². The van der Waals surface area contributed by atoms with E-state index in [4.69, 9.17) is 4.74 Å². The predicted octanol–water partition coefficient (Wildman–Crippen LogP) is 4.00. The van der Waals surface area contributed by atoms with Crippen LogP contribution in [0.4, 0.5) is 0 Å². The van der Waals surface area contributed by atoms with Crippen LogP contribution in [-0.4, -0.2) is 11.6 Å². The first-order valence-electron chi connectivity index (χ1n) is 6.72. The van der Waals surface area contributed by atoms with Crippen LogP contribution in [0, 0.1) is 6.92 Å². The van der Waals surface area contributed by atoms with E-state index in [0.717, 1.165) is 35.5 Å². The lowest BCUT2D eigenvalue weighted by atomic mass is 10.1. The van der Waals surface area contributed by atoms with Gasteiger partial charge < -0.3 is 10.1 Å². The molecule has 2 heterocycles. The minimum absolute atomic E-state index is 0.304. The van der Waals surface area contributed by atoms with Gasteiger partial charge in [0, 0.05) is 33.9 Å². The quantitative estimate of drug-likeness (QED) is 0.902. The monoisotopic (exact) mass is 352 g/mol. The van der Waals surface area contributed by atoms with Gasteiger partial charge in [-0.15, -0.1) is 11.3 Å². The molecule has 0 spiro atoms. The number of fused-ring (bicyclic) bond motifs is 1. The highest BCUT2D eigenvalue weighted by Crippen LogP contribution is 2.33. The topological polar surface area (TPSA) is 34.2 Å². The molecule has 1 aromatic heterocycles. The van der Waals surface area contributed by atoms with Crippen LogP contribution in [0.5, 0.6) is 5.75 Å². The fourth-order valence-corrected chi connectivity index (χ4v) is 3.95. The molecule has 0 radical (unpaired) electrons. The highest BCUT2D eigenvalue weighted by atomic mass is 79.9. The lowest BCUT2D eigenvalue weighted by Crippen LogP contribution is -2.18. The molecule has 1 atom stereocenters. The molecule has 5 heteroatoms. The lowest BCUT2D eigenvalue weighted by Gasteiger charge is -2.15. The molecule has 0 fully saturated rings. The summed E-state index contributed by atoms with van der Waals surface area (Å²) in [7, 11) is 0. The fraction of sp³-hybridized carbons (Fsp3) is 0.400. The van der Waals surface area contributed by atoms with Crippen molar-refractivity contribution in [2.24, 2.45) is 0 Å². The second-order valence-electron chi connectivity index (χ2n) is 5.06. The molecule has 1 aliphatic rings. The molecule has 0 saturated heterocycles. The van der Waals surface area contributed by atoms with Gasteiger partial charge in [-0.2, -0.15) is 0 Å². The molecule has 1 aromatic carbocycles. The van der Waals surface area contributed by atoms with Gasteiger partial charge in [0.25, 0.3) is 0 Å². The summed E-state index contributed by atoms with van der Waals surface area (Å²) in [6, 6.07) is 4.60. The molecule has 1 aliphatic heterocycles. The molecule has 1 N–H and O–H groups in total. The summed E-state index contributed by atoms with van der Waals surface area (Å²) in [6.45, 7) is 5.84. The number of aromatic nitrogens is 1. The van der Waals surface area contributed by atoms with Gasteiger partial charge >= 0.3 is 0 Å². The summed E-state index contributed by atoms with van der Waals surface area (Å²) in [5.74, 6) is 1.06. The van der Waals surface area contributed by atoms with E-state index in [9.17, 15) is 0 Å². The first kappa shape index (κ1) is 14.0. The Balaban J connectivity index is 1.75. The normalized spacial score (nSPS) is 14.9. The van der Waals surface area contributed by atoms with E-state index in [1.54, 1.807) is 11.3 Å². The van der Waals surface area contributed by atoms with Gasteiger partial charge in [-0.25, -0.2) is 4.98 Å². The van der Waals surface area contributed by atoms with Crippen LogP contribution in [0.25, 0.3) is 0 Å². The predicted molar refractivity (Wildman–Crippen MR) is 85.4 cm³/mol. The molecular weight excluding hydrogens is 336 g/mol. The Hall–Kier alpha value is -0.910. The Morgan fingerprint density at radius 1 is 1.50 bits per heavy atom. The number of ether oxygens (including phenoxy) is 1. The number of rotatable bonds is 4. The Labute approximate surface area is 131 Å². The second kappa shape index (κ2) is 5.84. The van der Waals surface area contributed by atoms with Crippen LogP contribution in [-0.2, 0) is 13.0 Å². The van der Waals surface area contributed by atoms with Gasteiger partial charge in [-0.1, -0.05) is 15.9 Å². The number of halogens is 1. The zero-order valence-electron chi connectivity index (χ0n) is 11.6. The zero-order valence-corrected chi connectivity index (χ0v) is 14.0. The van der Waals surface area contributed by atoms with E-state index >= 15 is 0 Å². The molecule has 106 valence electrons. The van der Waals surface area contributed by atoms with Crippen molar-refractivity contribution >= 4 is 27.3 Å². The minimum Gasteiger partial charge on any atom is -0.493 e. The first-order valence-corrected chi connectivity index (χ1v) is 8.40. The fourth-order valence-electron chi connectivity index (χ4n) is 2.56. The largest absolute Gasteiger partial charge is 0.493 e. The minimum atomic E-state index is 0.304. The van der Waals surface area contributed by atoms with E-state index in [0.29, 0.717) is 6.04 Å². The molecule has 0 amide bonds. The standard InChI is InChI=1S/C15H17BrN2OS/c1-9(15-10(2)18-8-20-15)17-7-12-6-13(16)5-11-3-4-19-14(11)12/h5-6,8-9,17H,3-4,7H2,1-2H3. The van der Waals surface area contributed by atoms with Crippen molar-refractivity contribution in [3.63, 3.8) is 0 Å². The third-order valence-corrected chi connectivity index (χ3v) is 5.17. The number of hydrogen-bond acceptors (Lipinski definition) is 4. The summed E-state index contributed by atoms with van der Waals surface area (Å²) < 4.78 is 6.89. The average Bonchev–Trinajstić information content (AvgIpc) is 3.03. The number of hydrogen-bond donors (Lipinski definition) is 1. The Morgan fingerprint density at radius 2 is 2.35 bits per heavy atom. The van der Waals surface area contributed by atoms with Gasteiger partial charge in [-0.3, -0.25) is 0 Å². The first-order chi connectivity index (χ1) is 9.65. The molecule has 0 bridgehead atoms. The summed E-state index contributed by atoms with van der Waals surface area (Å²) in [5, 5.41) is 3.57. The SMILES string of the molecule is Cc1ncsc1C(C)NCc1cc(Br)cc2c1OCC2.